The van der Waals surface area contributed by atoms with E-state index in [0.29, 0.717) is 22.1 Å². The minimum Gasteiger partial charge on any atom is -0.493 e. The number of ether oxygens (including phenoxy) is 2. The summed E-state index contributed by atoms with van der Waals surface area (Å²) in [6.07, 6.45) is 1.58. The van der Waals surface area contributed by atoms with Crippen LogP contribution in [0.4, 0.5) is 14.9 Å². The molecule has 0 atom stereocenters. The van der Waals surface area contributed by atoms with E-state index in [1.54, 1.807) is 30.3 Å². The van der Waals surface area contributed by atoms with Crippen LogP contribution < -0.4 is 14.4 Å². The number of rotatable bonds is 6. The Morgan fingerprint density at radius 3 is 2.52 bits per heavy atom. The normalized spacial score (nSPS) is 14.8. The Morgan fingerprint density at radius 1 is 1.00 bits per heavy atom. The van der Waals surface area contributed by atoms with Gasteiger partial charge < -0.3 is 9.47 Å². The van der Waals surface area contributed by atoms with Crippen LogP contribution in [0.3, 0.4) is 0 Å². The van der Waals surface area contributed by atoms with Gasteiger partial charge in [-0.15, -0.1) is 0 Å². The topological polar surface area (TPSA) is 55.8 Å². The molecule has 3 aromatic carbocycles. The van der Waals surface area contributed by atoms with Crippen LogP contribution in [0.2, 0.25) is 10.0 Å². The predicted molar refractivity (Wildman–Crippen MR) is 129 cm³/mol. The monoisotopic (exact) mass is 503 g/mol. The lowest BCUT2D eigenvalue weighted by atomic mass is 10.1. The van der Waals surface area contributed by atoms with E-state index in [1.807, 2.05) is 18.2 Å². The van der Waals surface area contributed by atoms with E-state index in [4.69, 9.17) is 32.7 Å². The first-order chi connectivity index (χ1) is 15.9. The molecule has 0 saturated carbocycles. The van der Waals surface area contributed by atoms with Crippen LogP contribution in [0.1, 0.15) is 11.1 Å². The molecule has 0 N–H and O–H groups in total. The lowest BCUT2D eigenvalue weighted by Crippen LogP contribution is -2.27. The number of hydrogen-bond acceptors (Lipinski definition) is 5. The highest BCUT2D eigenvalue weighted by Crippen LogP contribution is 2.38. The van der Waals surface area contributed by atoms with Crippen LogP contribution in [0.15, 0.2) is 65.6 Å². The standard InChI is InChI=1S/C24H16Cl2FNO4S/c1-31-21-10-14(6-9-20(21)32-13-15-4-2-3-5-17(15)25)11-22-23(29)28(24(30)33-22)16-7-8-19(27)18(26)12-16/h2-12H,13H2,1H3/b22-11-. The fourth-order valence-electron chi connectivity index (χ4n) is 3.13. The van der Waals surface area contributed by atoms with Crippen LogP contribution in [-0.4, -0.2) is 18.3 Å². The molecular formula is C24H16Cl2FNO4S. The number of anilines is 1. The Kier molecular flexibility index (Phi) is 6.93. The Morgan fingerprint density at radius 2 is 1.79 bits per heavy atom. The van der Waals surface area contributed by atoms with Crippen molar-refractivity contribution < 1.29 is 23.5 Å². The van der Waals surface area contributed by atoms with Gasteiger partial charge in [0.2, 0.25) is 0 Å². The Hall–Kier alpha value is -3.00. The quantitative estimate of drug-likeness (QED) is 0.340. The van der Waals surface area contributed by atoms with Crippen LogP contribution in [0.5, 0.6) is 11.5 Å². The molecule has 0 aliphatic carbocycles. The van der Waals surface area contributed by atoms with Crippen molar-refractivity contribution in [2.45, 2.75) is 6.61 Å². The zero-order valence-electron chi connectivity index (χ0n) is 17.2. The minimum atomic E-state index is -0.633. The predicted octanol–water partition coefficient (Wildman–Crippen LogP) is 6.96. The van der Waals surface area contributed by atoms with Crippen molar-refractivity contribution in [2.75, 3.05) is 12.0 Å². The summed E-state index contributed by atoms with van der Waals surface area (Å²) in [5.74, 6) is -0.193. The second-order valence-corrected chi connectivity index (χ2v) is 8.71. The smallest absolute Gasteiger partial charge is 0.298 e. The molecule has 1 heterocycles. The van der Waals surface area contributed by atoms with Crippen molar-refractivity contribution in [1.29, 1.82) is 0 Å². The maximum absolute atomic E-state index is 13.5. The second kappa shape index (κ2) is 9.87. The van der Waals surface area contributed by atoms with E-state index in [1.165, 1.54) is 19.2 Å². The van der Waals surface area contributed by atoms with Gasteiger partial charge in [-0.05, 0) is 59.8 Å². The molecule has 9 heteroatoms. The molecule has 4 rings (SSSR count). The van der Waals surface area contributed by atoms with Crippen molar-refractivity contribution in [1.82, 2.24) is 0 Å². The highest BCUT2D eigenvalue weighted by molar-refractivity contribution is 8.19. The molecule has 1 aliphatic rings. The van der Waals surface area contributed by atoms with Gasteiger partial charge in [0.05, 0.1) is 22.7 Å². The van der Waals surface area contributed by atoms with Gasteiger partial charge in [0, 0.05) is 10.6 Å². The summed E-state index contributed by atoms with van der Waals surface area (Å²) in [4.78, 5) is 26.5. The first-order valence-electron chi connectivity index (χ1n) is 9.64. The average Bonchev–Trinajstić information content (AvgIpc) is 3.08. The zero-order valence-corrected chi connectivity index (χ0v) is 19.5. The van der Waals surface area contributed by atoms with Gasteiger partial charge in [-0.1, -0.05) is 47.5 Å². The highest BCUT2D eigenvalue weighted by atomic mass is 35.5. The molecule has 33 heavy (non-hydrogen) atoms. The van der Waals surface area contributed by atoms with Gasteiger partial charge in [-0.3, -0.25) is 9.59 Å². The van der Waals surface area contributed by atoms with Crippen LogP contribution in [-0.2, 0) is 11.4 Å². The van der Waals surface area contributed by atoms with Crippen molar-refractivity contribution in [2.24, 2.45) is 0 Å². The fraction of sp³-hybridized carbons (Fsp3) is 0.0833. The summed E-state index contributed by atoms with van der Waals surface area (Å²) in [6, 6.07) is 16.2. The van der Waals surface area contributed by atoms with Crippen LogP contribution >= 0.6 is 35.0 Å². The molecule has 1 saturated heterocycles. The van der Waals surface area contributed by atoms with Crippen LogP contribution in [0, 0.1) is 5.82 Å². The van der Waals surface area contributed by atoms with Crippen LogP contribution in [0.25, 0.3) is 6.08 Å². The van der Waals surface area contributed by atoms with E-state index in [2.05, 4.69) is 0 Å². The SMILES string of the molecule is COc1cc(/C=C2\SC(=O)N(c3ccc(F)c(Cl)c3)C2=O)ccc1OCc1ccccc1Cl. The molecule has 168 valence electrons. The molecule has 0 spiro atoms. The number of halogens is 3. The van der Waals surface area contributed by atoms with Crippen molar-refractivity contribution in [3.05, 3.63) is 92.6 Å². The molecule has 3 aromatic rings. The summed E-state index contributed by atoms with van der Waals surface area (Å²) in [5, 5.41) is -0.0699. The third-order valence-electron chi connectivity index (χ3n) is 4.78. The Bertz CT molecular complexity index is 1280. The summed E-state index contributed by atoms with van der Waals surface area (Å²) >= 11 is 12.8. The second-order valence-electron chi connectivity index (χ2n) is 6.91. The average molecular weight is 504 g/mol. The third kappa shape index (κ3) is 5.00. The molecule has 1 fully saturated rings. The lowest BCUT2D eigenvalue weighted by Gasteiger charge is -2.13. The summed E-state index contributed by atoms with van der Waals surface area (Å²) in [7, 11) is 1.51. The van der Waals surface area contributed by atoms with Gasteiger partial charge >= 0.3 is 0 Å². The van der Waals surface area contributed by atoms with Crippen molar-refractivity contribution in [3.8, 4) is 11.5 Å². The van der Waals surface area contributed by atoms with E-state index < -0.39 is 17.0 Å². The number of thioether (sulfide) groups is 1. The largest absolute Gasteiger partial charge is 0.493 e. The molecule has 5 nitrogen and oxygen atoms in total. The van der Waals surface area contributed by atoms with Gasteiger partial charge in [-0.25, -0.2) is 9.29 Å². The number of nitrogens with zero attached hydrogens (tertiary/aromatic N) is 1. The highest BCUT2D eigenvalue weighted by Gasteiger charge is 2.36. The Labute approximate surface area is 203 Å². The molecule has 2 amide bonds. The summed E-state index contributed by atoms with van der Waals surface area (Å²) in [6.45, 7) is 0.258. The number of amides is 2. The van der Waals surface area contributed by atoms with Crippen molar-refractivity contribution in [3.63, 3.8) is 0 Å². The number of methoxy groups -OCH3 is 1. The number of hydrogen-bond donors (Lipinski definition) is 0. The first-order valence-corrected chi connectivity index (χ1v) is 11.2. The molecular weight excluding hydrogens is 488 g/mol. The number of imide groups is 1. The summed E-state index contributed by atoms with van der Waals surface area (Å²) < 4.78 is 24.7. The Balaban J connectivity index is 1.55. The zero-order chi connectivity index (χ0) is 23.5. The molecule has 0 aromatic heterocycles. The molecule has 0 radical (unpaired) electrons. The van der Waals surface area contributed by atoms with E-state index in [-0.39, 0.29) is 22.2 Å². The molecule has 0 bridgehead atoms. The molecule has 1 aliphatic heterocycles. The number of carbonyl (C=O) groups is 2. The first kappa shape index (κ1) is 23.2. The molecule has 0 unspecified atom stereocenters. The maximum Gasteiger partial charge on any atom is 0.298 e. The summed E-state index contributed by atoms with van der Waals surface area (Å²) in [5.41, 5.74) is 1.67. The number of benzene rings is 3. The third-order valence-corrected chi connectivity index (χ3v) is 6.31. The van der Waals surface area contributed by atoms with Gasteiger partial charge in [0.15, 0.2) is 11.5 Å². The number of carbonyl (C=O) groups excluding carboxylic acids is 2. The van der Waals surface area contributed by atoms with E-state index in [9.17, 15) is 14.0 Å². The fourth-order valence-corrected chi connectivity index (χ4v) is 4.34. The van der Waals surface area contributed by atoms with Gasteiger partial charge in [0.1, 0.15) is 12.4 Å². The van der Waals surface area contributed by atoms with Gasteiger partial charge in [-0.2, -0.15) is 0 Å². The maximum atomic E-state index is 13.5. The van der Waals surface area contributed by atoms with E-state index >= 15 is 0 Å². The lowest BCUT2D eigenvalue weighted by molar-refractivity contribution is -0.113. The minimum absolute atomic E-state index is 0.173. The van der Waals surface area contributed by atoms with Crippen molar-refractivity contribution >= 4 is 57.9 Å². The van der Waals surface area contributed by atoms with E-state index in [0.717, 1.165) is 28.3 Å². The van der Waals surface area contributed by atoms with Gasteiger partial charge in [0.25, 0.3) is 11.1 Å².